The second-order valence-corrected chi connectivity index (χ2v) is 6.30. The zero-order chi connectivity index (χ0) is 18.0. The fourth-order valence-electron chi connectivity index (χ4n) is 2.67. The minimum absolute atomic E-state index is 0.0127. The smallest absolute Gasteiger partial charge is 0.333 e. The van der Waals surface area contributed by atoms with Gasteiger partial charge in [-0.2, -0.15) is 0 Å². The van der Waals surface area contributed by atoms with Gasteiger partial charge in [0, 0.05) is 5.57 Å². The van der Waals surface area contributed by atoms with Crippen molar-refractivity contribution in [2.24, 2.45) is 0 Å². The van der Waals surface area contributed by atoms with Crippen LogP contribution in [0.15, 0.2) is 11.6 Å². The van der Waals surface area contributed by atoms with Gasteiger partial charge < -0.3 is 9.47 Å². The molecule has 0 bridgehead atoms. The van der Waals surface area contributed by atoms with E-state index in [1.165, 1.54) is 78.4 Å². The van der Waals surface area contributed by atoms with Gasteiger partial charge in [0.05, 0.1) is 20.6 Å². The van der Waals surface area contributed by atoms with Crippen LogP contribution >= 0.6 is 0 Å². The Morgan fingerprint density at radius 3 is 1.71 bits per heavy atom. The second-order valence-electron chi connectivity index (χ2n) is 6.30. The van der Waals surface area contributed by atoms with Gasteiger partial charge in [0.1, 0.15) is 0 Å². The molecular weight excluding hydrogens is 304 g/mol. The third-order valence-electron chi connectivity index (χ3n) is 4.21. The highest BCUT2D eigenvalue weighted by Gasteiger charge is 2.14. The van der Waals surface area contributed by atoms with Gasteiger partial charge in [-0.3, -0.25) is 4.79 Å². The van der Waals surface area contributed by atoms with E-state index in [2.05, 4.69) is 11.7 Å². The molecule has 4 heteroatoms. The van der Waals surface area contributed by atoms with Crippen LogP contribution in [0.3, 0.4) is 0 Å². The van der Waals surface area contributed by atoms with E-state index in [4.69, 9.17) is 4.74 Å². The van der Waals surface area contributed by atoms with Gasteiger partial charge in [-0.25, -0.2) is 4.79 Å². The topological polar surface area (TPSA) is 52.6 Å². The van der Waals surface area contributed by atoms with Crippen molar-refractivity contribution >= 4 is 11.9 Å². The molecule has 140 valence electrons. The van der Waals surface area contributed by atoms with E-state index in [-0.39, 0.29) is 6.42 Å². The summed E-state index contributed by atoms with van der Waals surface area (Å²) in [5, 5.41) is 0. The Bertz CT molecular complexity index is 361. The van der Waals surface area contributed by atoms with Crippen molar-refractivity contribution in [3.63, 3.8) is 0 Å². The second kappa shape index (κ2) is 16.5. The van der Waals surface area contributed by atoms with E-state index >= 15 is 0 Å². The molecule has 0 fully saturated rings. The number of ether oxygens (including phenoxy) is 2. The van der Waals surface area contributed by atoms with Gasteiger partial charge in [-0.05, 0) is 12.8 Å². The molecule has 4 nitrogen and oxygen atoms in total. The van der Waals surface area contributed by atoms with Crippen LogP contribution in [0, 0.1) is 0 Å². The van der Waals surface area contributed by atoms with E-state index in [1.807, 2.05) is 6.08 Å². The number of hydrogen-bond acceptors (Lipinski definition) is 4. The van der Waals surface area contributed by atoms with Crippen molar-refractivity contribution in [3.05, 3.63) is 11.6 Å². The molecular formula is C20H36O4. The molecule has 0 radical (unpaired) electrons. The van der Waals surface area contributed by atoms with Crippen molar-refractivity contribution in [3.8, 4) is 0 Å². The monoisotopic (exact) mass is 340 g/mol. The first kappa shape index (κ1) is 22.7. The molecule has 0 aromatic rings. The van der Waals surface area contributed by atoms with Crippen LogP contribution in [0.25, 0.3) is 0 Å². The third kappa shape index (κ3) is 13.1. The van der Waals surface area contributed by atoms with Crippen molar-refractivity contribution in [2.45, 2.75) is 90.4 Å². The molecule has 0 N–H and O–H groups in total. The molecule has 0 atom stereocenters. The average molecular weight is 341 g/mol. The molecule has 0 aromatic carbocycles. The number of unbranched alkanes of at least 4 members (excludes halogenated alkanes) is 11. The SMILES string of the molecule is CCCCCCCCCCCCC/C=C(\CC(=O)OC)C(=O)OC. The van der Waals surface area contributed by atoms with E-state index in [1.54, 1.807) is 0 Å². The molecule has 0 rings (SSSR count). The number of carbonyl (C=O) groups excluding carboxylic acids is 2. The number of methoxy groups -OCH3 is 2. The molecule has 0 saturated heterocycles. The zero-order valence-electron chi connectivity index (χ0n) is 15.9. The molecule has 0 aromatic heterocycles. The van der Waals surface area contributed by atoms with Gasteiger partial charge in [0.25, 0.3) is 0 Å². The van der Waals surface area contributed by atoms with Gasteiger partial charge in [0.15, 0.2) is 0 Å². The van der Waals surface area contributed by atoms with Crippen molar-refractivity contribution in [2.75, 3.05) is 14.2 Å². The lowest BCUT2D eigenvalue weighted by atomic mass is 10.0. The predicted molar refractivity (Wildman–Crippen MR) is 97.8 cm³/mol. The van der Waals surface area contributed by atoms with Crippen LogP contribution in [-0.2, 0) is 19.1 Å². The van der Waals surface area contributed by atoms with Gasteiger partial charge in [-0.1, -0.05) is 77.2 Å². The van der Waals surface area contributed by atoms with Gasteiger partial charge in [-0.15, -0.1) is 0 Å². The molecule has 0 amide bonds. The van der Waals surface area contributed by atoms with Gasteiger partial charge in [0.2, 0.25) is 0 Å². The Morgan fingerprint density at radius 2 is 1.25 bits per heavy atom. The molecule has 0 unspecified atom stereocenters. The van der Waals surface area contributed by atoms with Gasteiger partial charge >= 0.3 is 11.9 Å². The number of allylic oxidation sites excluding steroid dienone is 1. The van der Waals surface area contributed by atoms with Crippen LogP contribution in [0.5, 0.6) is 0 Å². The van der Waals surface area contributed by atoms with Crippen molar-refractivity contribution in [1.82, 2.24) is 0 Å². The first-order valence-corrected chi connectivity index (χ1v) is 9.49. The van der Waals surface area contributed by atoms with Crippen LogP contribution in [0.1, 0.15) is 90.4 Å². The summed E-state index contributed by atoms with van der Waals surface area (Å²) in [6, 6.07) is 0. The molecule has 24 heavy (non-hydrogen) atoms. The summed E-state index contributed by atoms with van der Waals surface area (Å²) in [4.78, 5) is 22.9. The maximum absolute atomic E-state index is 11.6. The average Bonchev–Trinajstić information content (AvgIpc) is 2.60. The highest BCUT2D eigenvalue weighted by atomic mass is 16.5. The minimum atomic E-state index is -0.441. The largest absolute Gasteiger partial charge is 0.469 e. The maximum atomic E-state index is 11.6. The quantitative estimate of drug-likeness (QED) is 0.229. The summed E-state index contributed by atoms with van der Waals surface area (Å²) in [6.45, 7) is 2.25. The molecule has 0 aliphatic heterocycles. The standard InChI is InChI=1S/C20H36O4/c1-4-5-6-7-8-9-10-11-12-13-14-15-16-18(20(22)24-3)17-19(21)23-2/h16H,4-15,17H2,1-3H3/b18-16+. The highest BCUT2D eigenvalue weighted by Crippen LogP contribution is 2.13. The summed E-state index contributed by atoms with van der Waals surface area (Å²) in [5.74, 6) is -0.853. The fourth-order valence-corrected chi connectivity index (χ4v) is 2.67. The van der Waals surface area contributed by atoms with E-state index in [0.717, 1.165) is 12.8 Å². The summed E-state index contributed by atoms with van der Waals surface area (Å²) >= 11 is 0. The fraction of sp³-hybridized carbons (Fsp3) is 0.800. The summed E-state index contributed by atoms with van der Waals surface area (Å²) < 4.78 is 9.30. The molecule has 0 heterocycles. The first-order valence-electron chi connectivity index (χ1n) is 9.49. The van der Waals surface area contributed by atoms with E-state index in [0.29, 0.717) is 5.57 Å². The normalized spacial score (nSPS) is 11.4. The van der Waals surface area contributed by atoms with Crippen LogP contribution in [-0.4, -0.2) is 26.2 Å². The minimum Gasteiger partial charge on any atom is -0.469 e. The highest BCUT2D eigenvalue weighted by molar-refractivity contribution is 5.93. The van der Waals surface area contributed by atoms with Crippen LogP contribution < -0.4 is 0 Å². The Hall–Kier alpha value is -1.32. The molecule has 0 saturated carbocycles. The summed E-state index contributed by atoms with van der Waals surface area (Å²) in [5.41, 5.74) is 0.399. The molecule has 0 aliphatic carbocycles. The molecule has 0 aliphatic rings. The summed E-state index contributed by atoms with van der Waals surface area (Å²) in [7, 11) is 2.65. The number of hydrogen-bond donors (Lipinski definition) is 0. The zero-order valence-corrected chi connectivity index (χ0v) is 15.9. The van der Waals surface area contributed by atoms with E-state index in [9.17, 15) is 9.59 Å². The maximum Gasteiger partial charge on any atom is 0.333 e. The lowest BCUT2D eigenvalue weighted by molar-refractivity contribution is -0.143. The van der Waals surface area contributed by atoms with Crippen LogP contribution in [0.4, 0.5) is 0 Å². The summed E-state index contributed by atoms with van der Waals surface area (Å²) in [6.07, 6.45) is 16.9. The number of carbonyl (C=O) groups is 2. The Morgan fingerprint density at radius 1 is 0.750 bits per heavy atom. The number of rotatable bonds is 15. The third-order valence-corrected chi connectivity index (χ3v) is 4.21. The first-order chi connectivity index (χ1) is 11.7. The van der Waals surface area contributed by atoms with Crippen LogP contribution in [0.2, 0.25) is 0 Å². The Labute approximate surface area is 148 Å². The van der Waals surface area contributed by atoms with Crippen molar-refractivity contribution in [1.29, 1.82) is 0 Å². The Kier molecular flexibility index (Phi) is 15.6. The van der Waals surface area contributed by atoms with Crippen molar-refractivity contribution < 1.29 is 19.1 Å². The predicted octanol–water partition coefficient (Wildman–Crippen LogP) is 5.35. The molecule has 0 spiro atoms. The lowest BCUT2D eigenvalue weighted by Gasteiger charge is -2.05. The lowest BCUT2D eigenvalue weighted by Crippen LogP contribution is -2.11. The number of esters is 2. The Balaban J connectivity index is 3.69. The van der Waals surface area contributed by atoms with E-state index < -0.39 is 11.9 Å².